The molecule has 2 N–H and O–H groups in total. The number of anilines is 2. The Balaban J connectivity index is 1.56. The number of aliphatic hydroxyl groups is 1. The summed E-state index contributed by atoms with van der Waals surface area (Å²) in [7, 11) is 1.98. The topological polar surface area (TPSA) is 80.3 Å². The number of aromatic nitrogens is 5. The van der Waals surface area contributed by atoms with E-state index in [1.165, 1.54) is 0 Å². The largest absolute Gasteiger partial charge is 0.386 e. The van der Waals surface area contributed by atoms with E-state index in [-0.39, 0.29) is 0 Å². The minimum absolute atomic E-state index is 0.665. The Morgan fingerprint density at radius 2 is 1.83 bits per heavy atom. The van der Waals surface area contributed by atoms with Crippen LogP contribution in [0.1, 0.15) is 19.4 Å². The second-order valence-electron chi connectivity index (χ2n) is 7.95. The number of imidazole rings is 2. The minimum Gasteiger partial charge on any atom is -0.386 e. The molecule has 0 saturated carbocycles. The average Bonchev–Trinajstić information content (AvgIpc) is 3.34. The van der Waals surface area contributed by atoms with Crippen molar-refractivity contribution < 1.29 is 5.11 Å². The minimum atomic E-state index is -0.877. The molecule has 0 aliphatic carbocycles. The van der Waals surface area contributed by atoms with Crippen LogP contribution in [0, 0.1) is 0 Å². The van der Waals surface area contributed by atoms with Crippen LogP contribution in [0.25, 0.3) is 27.9 Å². The van der Waals surface area contributed by atoms with Crippen molar-refractivity contribution in [2.45, 2.75) is 19.4 Å². The molecule has 0 saturated heterocycles. The molecule has 30 heavy (non-hydrogen) atoms. The molecule has 0 bridgehead atoms. The zero-order valence-corrected chi connectivity index (χ0v) is 17.0. The van der Waals surface area contributed by atoms with Gasteiger partial charge in [0.15, 0.2) is 11.5 Å². The van der Waals surface area contributed by atoms with E-state index in [9.17, 15) is 5.11 Å². The molecule has 7 nitrogen and oxygen atoms in total. The molecular weight excluding hydrogens is 376 g/mol. The molecule has 5 aromatic rings. The molecule has 150 valence electrons. The molecular formula is C23H22N6O. The van der Waals surface area contributed by atoms with Crippen LogP contribution in [0.3, 0.4) is 0 Å². The standard InChI is InChI=1S/C23H22N6O/c1-23(2,30)16-5-7-17(8-6-16)26-21-22-24-10-11-29(22)13-19(27-21)15-4-9-18-20(12-15)28(3)14-25-18/h4-14,30H,1-3H3,(H,26,27). The predicted octanol–water partition coefficient (Wildman–Crippen LogP) is 4.25. The number of fused-ring (bicyclic) bond motifs is 2. The van der Waals surface area contributed by atoms with E-state index in [1.54, 1.807) is 20.0 Å². The number of hydrogen-bond acceptors (Lipinski definition) is 5. The van der Waals surface area contributed by atoms with Gasteiger partial charge in [0.25, 0.3) is 0 Å². The molecule has 0 unspecified atom stereocenters. The highest BCUT2D eigenvalue weighted by Crippen LogP contribution is 2.28. The van der Waals surface area contributed by atoms with E-state index in [0.29, 0.717) is 5.82 Å². The Morgan fingerprint density at radius 1 is 1.03 bits per heavy atom. The van der Waals surface area contributed by atoms with Gasteiger partial charge in [-0.2, -0.15) is 0 Å². The third kappa shape index (κ3) is 3.19. The van der Waals surface area contributed by atoms with E-state index >= 15 is 0 Å². The molecule has 2 aromatic carbocycles. The first-order chi connectivity index (χ1) is 14.4. The number of nitrogens with one attached hydrogen (secondary N) is 1. The van der Waals surface area contributed by atoms with Crippen LogP contribution in [0.4, 0.5) is 11.5 Å². The van der Waals surface area contributed by atoms with Crippen LogP contribution >= 0.6 is 0 Å². The van der Waals surface area contributed by atoms with Gasteiger partial charge in [-0.1, -0.05) is 18.2 Å². The van der Waals surface area contributed by atoms with Gasteiger partial charge in [0, 0.05) is 36.9 Å². The van der Waals surface area contributed by atoms with Gasteiger partial charge in [0.2, 0.25) is 0 Å². The van der Waals surface area contributed by atoms with Crippen molar-refractivity contribution >= 4 is 28.2 Å². The molecule has 0 radical (unpaired) electrons. The predicted molar refractivity (Wildman–Crippen MR) is 118 cm³/mol. The van der Waals surface area contributed by atoms with Crippen LogP contribution < -0.4 is 5.32 Å². The first kappa shape index (κ1) is 18.3. The Labute approximate surface area is 173 Å². The normalized spacial score (nSPS) is 12.0. The van der Waals surface area contributed by atoms with Gasteiger partial charge >= 0.3 is 0 Å². The summed E-state index contributed by atoms with van der Waals surface area (Å²) < 4.78 is 3.96. The smallest absolute Gasteiger partial charge is 0.180 e. The highest BCUT2D eigenvalue weighted by Gasteiger charge is 2.16. The van der Waals surface area contributed by atoms with Crippen LogP contribution in [-0.4, -0.2) is 29.0 Å². The van der Waals surface area contributed by atoms with Gasteiger partial charge in [0.1, 0.15) is 0 Å². The van der Waals surface area contributed by atoms with E-state index in [4.69, 9.17) is 4.98 Å². The molecule has 3 heterocycles. The lowest BCUT2D eigenvalue weighted by Crippen LogP contribution is -2.15. The van der Waals surface area contributed by atoms with Crippen molar-refractivity contribution in [3.8, 4) is 11.3 Å². The molecule has 0 spiro atoms. The highest BCUT2D eigenvalue weighted by atomic mass is 16.3. The summed E-state index contributed by atoms with van der Waals surface area (Å²) in [5, 5.41) is 13.5. The summed E-state index contributed by atoms with van der Waals surface area (Å²) in [6, 6.07) is 13.8. The summed E-state index contributed by atoms with van der Waals surface area (Å²) >= 11 is 0. The molecule has 0 aliphatic rings. The van der Waals surface area contributed by atoms with Crippen molar-refractivity contribution in [3.63, 3.8) is 0 Å². The van der Waals surface area contributed by atoms with Crippen LogP contribution in [0.15, 0.2) is 67.4 Å². The number of aryl methyl sites for hydroxylation is 1. The Kier molecular flexibility index (Phi) is 4.08. The fourth-order valence-corrected chi connectivity index (χ4v) is 3.54. The van der Waals surface area contributed by atoms with Gasteiger partial charge in [0.05, 0.1) is 28.7 Å². The second kappa shape index (κ2) is 6.67. The average molecular weight is 398 g/mol. The first-order valence-corrected chi connectivity index (χ1v) is 9.73. The third-order valence-corrected chi connectivity index (χ3v) is 5.25. The van der Waals surface area contributed by atoms with Gasteiger partial charge < -0.3 is 19.4 Å². The zero-order chi connectivity index (χ0) is 20.9. The van der Waals surface area contributed by atoms with E-state index in [0.717, 1.165) is 39.2 Å². The van der Waals surface area contributed by atoms with Crippen LogP contribution in [0.5, 0.6) is 0 Å². The van der Waals surface area contributed by atoms with Crippen LogP contribution in [-0.2, 0) is 12.6 Å². The van der Waals surface area contributed by atoms with E-state index in [1.807, 2.05) is 71.1 Å². The molecule has 7 heteroatoms. The quantitative estimate of drug-likeness (QED) is 0.473. The number of benzene rings is 2. The van der Waals surface area contributed by atoms with Crippen molar-refractivity contribution in [1.82, 2.24) is 23.9 Å². The van der Waals surface area contributed by atoms with Gasteiger partial charge in [-0.3, -0.25) is 0 Å². The Morgan fingerprint density at radius 3 is 2.60 bits per heavy atom. The number of nitrogens with zero attached hydrogens (tertiary/aromatic N) is 5. The molecule has 0 atom stereocenters. The second-order valence-corrected chi connectivity index (χ2v) is 7.95. The zero-order valence-electron chi connectivity index (χ0n) is 17.0. The Hall–Kier alpha value is -3.71. The van der Waals surface area contributed by atoms with E-state index < -0.39 is 5.60 Å². The van der Waals surface area contributed by atoms with E-state index in [2.05, 4.69) is 21.4 Å². The van der Waals surface area contributed by atoms with Crippen LogP contribution in [0.2, 0.25) is 0 Å². The van der Waals surface area contributed by atoms with Gasteiger partial charge in [-0.05, 0) is 43.7 Å². The highest BCUT2D eigenvalue weighted by molar-refractivity contribution is 5.82. The SMILES string of the molecule is Cn1cnc2ccc(-c3cn4ccnc4c(Nc4ccc(C(C)(C)O)cc4)n3)cc21. The Bertz CT molecular complexity index is 1360. The molecule has 0 fully saturated rings. The monoisotopic (exact) mass is 398 g/mol. The summed E-state index contributed by atoms with van der Waals surface area (Å²) in [6.45, 7) is 3.54. The number of rotatable bonds is 4. The van der Waals surface area contributed by atoms with Gasteiger partial charge in [-0.25, -0.2) is 15.0 Å². The molecule has 0 amide bonds. The maximum atomic E-state index is 10.2. The molecule has 3 aromatic heterocycles. The number of hydrogen-bond donors (Lipinski definition) is 2. The molecule has 5 rings (SSSR count). The lowest BCUT2D eigenvalue weighted by molar-refractivity contribution is 0.0786. The summed E-state index contributed by atoms with van der Waals surface area (Å²) in [5.74, 6) is 0.665. The van der Waals surface area contributed by atoms with Crippen molar-refractivity contribution in [1.29, 1.82) is 0 Å². The summed E-state index contributed by atoms with van der Waals surface area (Å²) in [6.07, 6.45) is 7.45. The fourth-order valence-electron chi connectivity index (χ4n) is 3.54. The van der Waals surface area contributed by atoms with Crippen molar-refractivity contribution in [2.75, 3.05) is 5.32 Å². The van der Waals surface area contributed by atoms with Crippen molar-refractivity contribution in [3.05, 3.63) is 72.9 Å². The molecule has 0 aliphatic heterocycles. The first-order valence-electron chi connectivity index (χ1n) is 9.73. The van der Waals surface area contributed by atoms with Gasteiger partial charge in [-0.15, -0.1) is 0 Å². The maximum Gasteiger partial charge on any atom is 0.180 e. The lowest BCUT2D eigenvalue weighted by atomic mass is 9.98. The maximum absolute atomic E-state index is 10.2. The fraction of sp³-hybridized carbons (Fsp3) is 0.174. The third-order valence-electron chi connectivity index (χ3n) is 5.25. The van der Waals surface area contributed by atoms with Crippen molar-refractivity contribution in [2.24, 2.45) is 7.05 Å². The lowest BCUT2D eigenvalue weighted by Gasteiger charge is -2.18. The summed E-state index contributed by atoms with van der Waals surface area (Å²) in [5.41, 5.74) is 5.43. The summed E-state index contributed by atoms with van der Waals surface area (Å²) in [4.78, 5) is 13.7.